The van der Waals surface area contributed by atoms with E-state index in [0.717, 1.165) is 5.56 Å². The van der Waals surface area contributed by atoms with Crippen LogP contribution in [0, 0.1) is 0 Å². The lowest BCUT2D eigenvalue weighted by Gasteiger charge is -2.28. The molecule has 0 unspecified atom stereocenters. The number of hydrogen-bond donors (Lipinski definition) is 1. The highest BCUT2D eigenvalue weighted by Crippen LogP contribution is 2.36. The summed E-state index contributed by atoms with van der Waals surface area (Å²) in [5.74, 6) is 0.576. The molecule has 1 aromatic heterocycles. The fourth-order valence-electron chi connectivity index (χ4n) is 3.06. The van der Waals surface area contributed by atoms with Crippen molar-refractivity contribution in [2.45, 2.75) is 6.92 Å². The Balaban J connectivity index is 1.43. The first kappa shape index (κ1) is 21.4. The minimum atomic E-state index is -0.367. The Hall–Kier alpha value is -2.81. The summed E-state index contributed by atoms with van der Waals surface area (Å²) in [7, 11) is 0. The van der Waals surface area contributed by atoms with E-state index < -0.39 is 0 Å². The smallest absolute Gasteiger partial charge is 0.265 e. The highest BCUT2D eigenvalue weighted by Gasteiger charge is 2.24. The monoisotopic (exact) mass is 477 g/mol. The predicted octanol–water partition coefficient (Wildman–Crippen LogP) is 4.88. The fraction of sp³-hybridized carbons (Fsp3) is 0.190. The normalized spacial score (nSPS) is 12.9. The van der Waals surface area contributed by atoms with Crippen LogP contribution < -0.4 is 19.7 Å². The molecule has 4 rings (SSSR count). The van der Waals surface area contributed by atoms with E-state index in [4.69, 9.17) is 32.7 Å². The first-order valence-electron chi connectivity index (χ1n) is 9.35. The van der Waals surface area contributed by atoms with Crippen molar-refractivity contribution in [2.75, 3.05) is 30.0 Å². The molecule has 0 aliphatic carbocycles. The van der Waals surface area contributed by atoms with Gasteiger partial charge in [-0.15, -0.1) is 11.3 Å². The number of carbonyl (C=O) groups is 2. The van der Waals surface area contributed by atoms with E-state index in [1.54, 1.807) is 23.1 Å². The van der Waals surface area contributed by atoms with Crippen LogP contribution in [0.1, 0.15) is 6.92 Å². The fourth-order valence-corrected chi connectivity index (χ4v) is 4.26. The lowest BCUT2D eigenvalue weighted by atomic mass is 10.1. The van der Waals surface area contributed by atoms with Gasteiger partial charge in [-0.3, -0.25) is 14.9 Å². The molecule has 7 nitrogen and oxygen atoms in total. The average Bonchev–Trinajstić information content (AvgIpc) is 3.21. The maximum atomic E-state index is 12.2. The first-order valence-corrected chi connectivity index (χ1v) is 11.0. The van der Waals surface area contributed by atoms with Crippen LogP contribution in [0.15, 0.2) is 41.8 Å². The molecule has 2 amide bonds. The van der Waals surface area contributed by atoms with Gasteiger partial charge in [0.25, 0.3) is 11.8 Å². The third-order valence-corrected chi connectivity index (χ3v) is 5.81. The van der Waals surface area contributed by atoms with Crippen molar-refractivity contribution < 1.29 is 19.1 Å². The molecule has 0 saturated heterocycles. The molecular formula is C21H17Cl2N3O4S. The predicted molar refractivity (Wildman–Crippen MR) is 122 cm³/mol. The van der Waals surface area contributed by atoms with Gasteiger partial charge in [0, 0.05) is 22.5 Å². The third kappa shape index (κ3) is 4.76. The highest BCUT2D eigenvalue weighted by atomic mass is 35.5. The molecule has 3 aromatic rings. The van der Waals surface area contributed by atoms with Gasteiger partial charge in [0.1, 0.15) is 11.5 Å². The van der Waals surface area contributed by atoms with Gasteiger partial charge in [0.15, 0.2) is 18.3 Å². The van der Waals surface area contributed by atoms with Gasteiger partial charge in [-0.1, -0.05) is 23.2 Å². The second-order valence-electron chi connectivity index (χ2n) is 6.56. The number of likely N-dealkylation sites (N-methyl/N-ethyl adjacent to an activating group) is 1. The van der Waals surface area contributed by atoms with Crippen molar-refractivity contribution in [3.63, 3.8) is 0 Å². The van der Waals surface area contributed by atoms with E-state index in [0.29, 0.717) is 44.6 Å². The van der Waals surface area contributed by atoms with Crippen molar-refractivity contribution in [3.8, 4) is 22.8 Å². The number of ether oxygens (including phenoxy) is 2. The zero-order valence-electron chi connectivity index (χ0n) is 16.4. The third-order valence-electron chi connectivity index (χ3n) is 4.52. The van der Waals surface area contributed by atoms with Crippen LogP contribution in [-0.4, -0.2) is 36.6 Å². The van der Waals surface area contributed by atoms with E-state index in [2.05, 4.69) is 10.3 Å². The van der Waals surface area contributed by atoms with Crippen LogP contribution in [0.4, 0.5) is 10.8 Å². The number of aromatic nitrogens is 1. The number of nitrogens with zero attached hydrogens (tertiary/aromatic N) is 2. The Morgan fingerprint density at radius 1 is 1.29 bits per heavy atom. The SMILES string of the molecule is CCN1C(=O)COc2ccc(-c3csc(NC(=O)COc4ccc(Cl)cc4Cl)n3)cc21. The van der Waals surface area contributed by atoms with Gasteiger partial charge in [0.2, 0.25) is 0 Å². The molecule has 1 aliphatic heterocycles. The molecule has 0 fully saturated rings. The summed E-state index contributed by atoms with van der Waals surface area (Å²) in [4.78, 5) is 30.4. The number of amides is 2. The van der Waals surface area contributed by atoms with Crippen molar-refractivity contribution in [3.05, 3.63) is 51.8 Å². The largest absolute Gasteiger partial charge is 0.482 e. The summed E-state index contributed by atoms with van der Waals surface area (Å²) in [5.41, 5.74) is 2.21. The van der Waals surface area contributed by atoms with Gasteiger partial charge in [-0.2, -0.15) is 0 Å². The molecule has 1 aliphatic rings. The Morgan fingerprint density at radius 2 is 2.13 bits per heavy atom. The van der Waals surface area contributed by atoms with Crippen molar-refractivity contribution >= 4 is 57.2 Å². The number of carbonyl (C=O) groups excluding carboxylic acids is 2. The molecule has 1 N–H and O–H groups in total. The summed E-state index contributed by atoms with van der Waals surface area (Å²) in [5, 5.41) is 5.78. The molecule has 10 heteroatoms. The van der Waals surface area contributed by atoms with E-state index in [1.165, 1.54) is 11.3 Å². The summed E-state index contributed by atoms with van der Waals surface area (Å²) in [6.45, 7) is 2.28. The van der Waals surface area contributed by atoms with Gasteiger partial charge in [0.05, 0.1) is 16.4 Å². The van der Waals surface area contributed by atoms with E-state index in [-0.39, 0.29) is 25.0 Å². The van der Waals surface area contributed by atoms with Gasteiger partial charge >= 0.3 is 0 Å². The number of thiazole rings is 1. The average molecular weight is 478 g/mol. The molecular weight excluding hydrogens is 461 g/mol. The van der Waals surface area contributed by atoms with Crippen LogP contribution in [-0.2, 0) is 9.59 Å². The number of halogens is 2. The zero-order valence-corrected chi connectivity index (χ0v) is 18.7. The molecule has 0 radical (unpaired) electrons. The quantitative estimate of drug-likeness (QED) is 0.546. The van der Waals surface area contributed by atoms with Gasteiger partial charge in [-0.05, 0) is 43.3 Å². The van der Waals surface area contributed by atoms with Crippen molar-refractivity contribution in [1.29, 1.82) is 0 Å². The van der Waals surface area contributed by atoms with E-state index >= 15 is 0 Å². The molecule has 0 saturated carbocycles. The molecule has 2 aromatic carbocycles. The second kappa shape index (κ2) is 9.13. The van der Waals surface area contributed by atoms with Crippen LogP contribution in [0.3, 0.4) is 0 Å². The molecule has 2 heterocycles. The van der Waals surface area contributed by atoms with E-state index in [1.807, 2.05) is 30.5 Å². The Bertz CT molecular complexity index is 1150. The van der Waals surface area contributed by atoms with Crippen LogP contribution in [0.5, 0.6) is 11.5 Å². The van der Waals surface area contributed by atoms with Crippen LogP contribution in [0.25, 0.3) is 11.3 Å². The van der Waals surface area contributed by atoms with Crippen molar-refractivity contribution in [1.82, 2.24) is 4.98 Å². The number of fused-ring (bicyclic) bond motifs is 1. The highest BCUT2D eigenvalue weighted by molar-refractivity contribution is 7.14. The Kier molecular flexibility index (Phi) is 6.31. The topological polar surface area (TPSA) is 80.8 Å². The number of hydrogen-bond acceptors (Lipinski definition) is 6. The molecule has 0 atom stereocenters. The van der Waals surface area contributed by atoms with Gasteiger partial charge < -0.3 is 14.4 Å². The first-order chi connectivity index (χ1) is 14.9. The minimum absolute atomic E-state index is 0.0381. The maximum absolute atomic E-state index is 12.2. The zero-order chi connectivity index (χ0) is 22.0. The Morgan fingerprint density at radius 3 is 2.90 bits per heavy atom. The molecule has 31 heavy (non-hydrogen) atoms. The standard InChI is InChI=1S/C21H17Cl2N3O4S/c1-2-26-16-7-12(3-5-18(16)30-10-20(26)28)15-11-31-21(24-15)25-19(27)9-29-17-6-4-13(22)8-14(17)23/h3-8,11H,2,9-10H2,1H3,(H,24,25,27). The minimum Gasteiger partial charge on any atom is -0.482 e. The maximum Gasteiger partial charge on any atom is 0.265 e. The summed E-state index contributed by atoms with van der Waals surface area (Å²) in [6.07, 6.45) is 0. The summed E-state index contributed by atoms with van der Waals surface area (Å²) < 4.78 is 10.9. The van der Waals surface area contributed by atoms with Crippen LogP contribution in [0.2, 0.25) is 10.0 Å². The lowest BCUT2D eigenvalue weighted by molar-refractivity contribution is -0.121. The molecule has 160 valence electrons. The lowest BCUT2D eigenvalue weighted by Crippen LogP contribution is -2.38. The molecule has 0 spiro atoms. The van der Waals surface area contributed by atoms with Crippen molar-refractivity contribution in [2.24, 2.45) is 0 Å². The molecule has 0 bridgehead atoms. The van der Waals surface area contributed by atoms with Crippen LogP contribution >= 0.6 is 34.5 Å². The van der Waals surface area contributed by atoms with Gasteiger partial charge in [-0.25, -0.2) is 4.98 Å². The summed E-state index contributed by atoms with van der Waals surface area (Å²) in [6, 6.07) is 10.3. The number of rotatable bonds is 6. The van der Waals surface area contributed by atoms with E-state index in [9.17, 15) is 9.59 Å². The number of anilines is 2. The second-order valence-corrected chi connectivity index (χ2v) is 8.26. The number of benzene rings is 2. The summed E-state index contributed by atoms with van der Waals surface area (Å²) >= 11 is 13.2. The number of nitrogens with one attached hydrogen (secondary N) is 1. The Labute approximate surface area is 192 Å².